The lowest BCUT2D eigenvalue weighted by atomic mass is 10.1. The van der Waals surface area contributed by atoms with Crippen LogP contribution in [0.4, 0.5) is 0 Å². The van der Waals surface area contributed by atoms with Gasteiger partial charge < -0.3 is 14.2 Å². The molecule has 0 heterocycles. The zero-order chi connectivity index (χ0) is 38.7. The second kappa shape index (κ2) is 41.3. The van der Waals surface area contributed by atoms with Crippen LogP contribution >= 0.6 is 0 Å². The monoisotopic (exact) mass is 737 g/mol. The van der Waals surface area contributed by atoms with Gasteiger partial charge in [-0.1, -0.05) is 151 Å². The fraction of sp³-hybridized carbons (Fsp3) is 0.638. The first-order chi connectivity index (χ1) is 26.0. The number of hydrogen-bond acceptors (Lipinski definition) is 6. The Hall–Kier alpha value is -3.41. The lowest BCUT2D eigenvalue weighted by Gasteiger charge is -2.18. The van der Waals surface area contributed by atoms with E-state index in [0.29, 0.717) is 12.8 Å². The van der Waals surface area contributed by atoms with E-state index in [0.717, 1.165) is 83.5 Å². The molecule has 6 nitrogen and oxygen atoms in total. The summed E-state index contributed by atoms with van der Waals surface area (Å²) in [4.78, 5) is 37.5. The molecular weight excluding hydrogens is 661 g/mol. The smallest absolute Gasteiger partial charge is 0.309 e. The van der Waals surface area contributed by atoms with Gasteiger partial charge in [-0.3, -0.25) is 14.4 Å². The van der Waals surface area contributed by atoms with Crippen molar-refractivity contribution in [1.82, 2.24) is 0 Å². The van der Waals surface area contributed by atoms with E-state index in [9.17, 15) is 14.4 Å². The molecule has 0 amide bonds. The molecule has 0 rings (SSSR count). The summed E-state index contributed by atoms with van der Waals surface area (Å²) < 4.78 is 16.5. The highest BCUT2D eigenvalue weighted by Gasteiger charge is 2.19. The molecule has 1 unspecified atom stereocenters. The van der Waals surface area contributed by atoms with Crippen LogP contribution in [0.3, 0.4) is 0 Å². The number of rotatable bonds is 36. The second-order valence-electron chi connectivity index (χ2n) is 13.5. The highest BCUT2D eigenvalue weighted by molar-refractivity contribution is 5.72. The minimum atomic E-state index is -0.834. The maximum absolute atomic E-state index is 12.6. The van der Waals surface area contributed by atoms with E-state index in [-0.39, 0.29) is 38.0 Å². The highest BCUT2D eigenvalue weighted by Crippen LogP contribution is 2.11. The number of hydrogen-bond donors (Lipinski definition) is 0. The maximum atomic E-state index is 12.6. The van der Waals surface area contributed by atoms with Crippen molar-refractivity contribution in [1.29, 1.82) is 0 Å². The van der Waals surface area contributed by atoms with Gasteiger partial charge in [-0.15, -0.1) is 0 Å². The van der Waals surface area contributed by atoms with Crippen LogP contribution in [0.2, 0.25) is 0 Å². The van der Waals surface area contributed by atoms with Gasteiger partial charge in [0.05, 0.1) is 6.42 Å². The summed E-state index contributed by atoms with van der Waals surface area (Å²) in [6, 6.07) is 0. The Morgan fingerprint density at radius 1 is 0.415 bits per heavy atom. The van der Waals surface area contributed by atoms with Crippen LogP contribution in [0, 0.1) is 0 Å². The number of carbonyl (C=O) groups is 3. The van der Waals surface area contributed by atoms with E-state index in [2.05, 4.69) is 93.7 Å². The Balaban J connectivity index is 4.53. The summed E-state index contributed by atoms with van der Waals surface area (Å²) in [5, 5.41) is 0. The molecule has 0 saturated heterocycles. The molecule has 53 heavy (non-hydrogen) atoms. The van der Waals surface area contributed by atoms with Crippen LogP contribution in [0.15, 0.2) is 85.1 Å². The van der Waals surface area contributed by atoms with E-state index >= 15 is 0 Å². The van der Waals surface area contributed by atoms with E-state index in [1.807, 2.05) is 6.08 Å². The van der Waals surface area contributed by atoms with Gasteiger partial charge in [-0.25, -0.2) is 0 Å². The van der Waals surface area contributed by atoms with Crippen LogP contribution in [0.25, 0.3) is 0 Å². The summed E-state index contributed by atoms with van der Waals surface area (Å²) in [6.45, 7) is 6.21. The van der Waals surface area contributed by atoms with Crippen molar-refractivity contribution in [2.45, 2.75) is 181 Å². The Kier molecular flexibility index (Phi) is 38.7. The molecule has 0 spiro atoms. The third kappa shape index (κ3) is 39.6. The predicted molar refractivity (Wildman–Crippen MR) is 224 cm³/mol. The first-order valence-electron chi connectivity index (χ1n) is 21.1. The third-order valence-corrected chi connectivity index (χ3v) is 8.40. The molecule has 0 saturated carbocycles. The van der Waals surface area contributed by atoms with Crippen LogP contribution in [0.1, 0.15) is 175 Å². The van der Waals surface area contributed by atoms with Gasteiger partial charge in [-0.05, 0) is 89.9 Å². The molecule has 6 heteroatoms. The van der Waals surface area contributed by atoms with E-state index in [1.165, 1.54) is 44.9 Å². The Bertz CT molecular complexity index is 1080. The van der Waals surface area contributed by atoms with Crippen molar-refractivity contribution in [2.75, 3.05) is 13.2 Å². The number of esters is 3. The van der Waals surface area contributed by atoms with Crippen LogP contribution in [-0.2, 0) is 28.6 Å². The molecule has 0 aromatic rings. The third-order valence-electron chi connectivity index (χ3n) is 8.40. The number of unbranched alkanes of at least 4 members (excludes halogenated alkanes) is 12. The van der Waals surface area contributed by atoms with Gasteiger partial charge in [0.2, 0.25) is 0 Å². The van der Waals surface area contributed by atoms with Gasteiger partial charge >= 0.3 is 17.9 Å². The van der Waals surface area contributed by atoms with Gasteiger partial charge in [-0.2, -0.15) is 0 Å². The topological polar surface area (TPSA) is 78.9 Å². The van der Waals surface area contributed by atoms with Gasteiger partial charge in [0.15, 0.2) is 6.10 Å². The molecule has 0 aromatic carbocycles. The second-order valence-corrected chi connectivity index (χ2v) is 13.5. The molecule has 0 aliphatic carbocycles. The average molecular weight is 737 g/mol. The van der Waals surface area contributed by atoms with Crippen LogP contribution < -0.4 is 0 Å². The fourth-order valence-corrected chi connectivity index (χ4v) is 5.27. The molecule has 0 aromatic heterocycles. The molecule has 0 aliphatic heterocycles. The molecule has 300 valence electrons. The number of carbonyl (C=O) groups excluding carboxylic acids is 3. The molecule has 0 fully saturated rings. The van der Waals surface area contributed by atoms with E-state index in [1.54, 1.807) is 6.08 Å². The standard InChI is InChI=1S/C47H76O6/c1-4-7-10-13-16-19-21-23-24-26-28-31-34-37-40-46(49)52-43-44(42-51-45(48)39-36-33-30-27-18-15-12-9-6-3)53-47(50)41-38-35-32-29-25-22-20-17-14-11-8-5-2/h8-9,11-12,17-18,20,24-27,29,33,36,44H,4-7,10,13-16,19,21-23,28,30-32,34-35,37-43H2,1-3H3/b11-8-,12-9-,20-17-,26-24-,27-18-,29-25-,36-33-. The number of ether oxygens (including phenoxy) is 3. The van der Waals surface area contributed by atoms with Gasteiger partial charge in [0.25, 0.3) is 0 Å². The summed E-state index contributed by atoms with van der Waals surface area (Å²) in [5.41, 5.74) is 0. The van der Waals surface area contributed by atoms with E-state index < -0.39 is 12.1 Å². The normalized spacial score (nSPS) is 12.9. The molecule has 0 aliphatic rings. The lowest BCUT2D eigenvalue weighted by molar-refractivity contribution is -0.166. The minimum Gasteiger partial charge on any atom is -0.462 e. The van der Waals surface area contributed by atoms with Crippen molar-refractivity contribution in [3.63, 3.8) is 0 Å². The predicted octanol–water partition coefficient (Wildman–Crippen LogP) is 13.3. The zero-order valence-electron chi connectivity index (χ0n) is 34.0. The SMILES string of the molecule is CC/C=C\C/C=C\C/C=C\CCCCC(=O)OC(COC(=O)C/C=C\C/C=C\C/C=C\CC)COC(=O)CCCCC/C=C\CCCCCCCCC. The van der Waals surface area contributed by atoms with Crippen molar-refractivity contribution >= 4 is 17.9 Å². The Morgan fingerprint density at radius 2 is 0.811 bits per heavy atom. The summed E-state index contributed by atoms with van der Waals surface area (Å²) >= 11 is 0. The van der Waals surface area contributed by atoms with Crippen molar-refractivity contribution in [2.24, 2.45) is 0 Å². The maximum Gasteiger partial charge on any atom is 0.309 e. The van der Waals surface area contributed by atoms with Crippen molar-refractivity contribution < 1.29 is 28.6 Å². The van der Waals surface area contributed by atoms with Crippen molar-refractivity contribution in [3.8, 4) is 0 Å². The van der Waals surface area contributed by atoms with Crippen LogP contribution in [-0.4, -0.2) is 37.2 Å². The molecule has 0 radical (unpaired) electrons. The highest BCUT2D eigenvalue weighted by atomic mass is 16.6. The lowest BCUT2D eigenvalue weighted by Crippen LogP contribution is -2.30. The molecule has 0 bridgehead atoms. The Labute approximate surface area is 325 Å². The quantitative estimate of drug-likeness (QED) is 0.0276. The fourth-order valence-electron chi connectivity index (χ4n) is 5.27. The summed E-state index contributed by atoms with van der Waals surface area (Å²) in [5.74, 6) is -1.12. The van der Waals surface area contributed by atoms with E-state index in [4.69, 9.17) is 14.2 Å². The molecule has 1 atom stereocenters. The molecular formula is C47H76O6. The number of allylic oxidation sites excluding steroid dienone is 13. The largest absolute Gasteiger partial charge is 0.462 e. The van der Waals surface area contributed by atoms with Gasteiger partial charge in [0, 0.05) is 12.8 Å². The first-order valence-corrected chi connectivity index (χ1v) is 21.1. The van der Waals surface area contributed by atoms with Crippen LogP contribution in [0.5, 0.6) is 0 Å². The molecule has 0 N–H and O–H groups in total. The average Bonchev–Trinajstić information content (AvgIpc) is 3.15. The van der Waals surface area contributed by atoms with Gasteiger partial charge in [0.1, 0.15) is 13.2 Å². The minimum absolute atomic E-state index is 0.123. The first kappa shape index (κ1) is 49.6. The van der Waals surface area contributed by atoms with Crippen molar-refractivity contribution in [3.05, 3.63) is 85.1 Å². The Morgan fingerprint density at radius 3 is 1.38 bits per heavy atom. The summed E-state index contributed by atoms with van der Waals surface area (Å²) in [6.07, 6.45) is 51.8. The summed E-state index contributed by atoms with van der Waals surface area (Å²) in [7, 11) is 0. The zero-order valence-corrected chi connectivity index (χ0v) is 34.0.